The van der Waals surface area contributed by atoms with Crippen molar-refractivity contribution in [2.75, 3.05) is 39.5 Å². The SMILES string of the molecule is CCCCCCCCCCCCCCCC[N+](C)(C)C.CCCCNc1cc(C(=O)S)cc(S([NH-])(=O)=O)c1Oc1ccccc1. The molecule has 0 aliphatic carbocycles. The predicted octanol–water partition coefficient (Wildman–Crippen LogP) is 10.7. The summed E-state index contributed by atoms with van der Waals surface area (Å²) >= 11 is 3.76. The lowest BCUT2D eigenvalue weighted by Gasteiger charge is -2.23. The van der Waals surface area contributed by atoms with Crippen LogP contribution in [-0.4, -0.2) is 52.2 Å². The van der Waals surface area contributed by atoms with Crippen molar-refractivity contribution in [3.05, 3.63) is 53.2 Å². The average Bonchev–Trinajstić information content (AvgIpc) is 2.97. The Labute approximate surface area is 280 Å². The molecule has 0 aliphatic heterocycles. The molecule has 0 fully saturated rings. The van der Waals surface area contributed by atoms with Crippen molar-refractivity contribution in [1.29, 1.82) is 0 Å². The van der Waals surface area contributed by atoms with Crippen LogP contribution in [0.15, 0.2) is 47.4 Å². The van der Waals surface area contributed by atoms with E-state index >= 15 is 0 Å². The number of para-hydroxylation sites is 1. The number of quaternary nitrogens is 1. The van der Waals surface area contributed by atoms with Crippen molar-refractivity contribution in [2.45, 2.75) is 121 Å². The molecule has 2 aromatic rings. The Kier molecular flexibility index (Phi) is 21.2. The lowest BCUT2D eigenvalue weighted by molar-refractivity contribution is -0.870. The maximum absolute atomic E-state index is 11.9. The monoisotopic (exact) mass is 663 g/mol. The van der Waals surface area contributed by atoms with Crippen LogP contribution in [-0.2, 0) is 10.0 Å². The largest absolute Gasteiger partial charge is 0.560 e. The average molecular weight is 664 g/mol. The number of thiol groups is 1. The number of nitrogens with one attached hydrogen (secondary N) is 2. The Hall–Kier alpha value is -2.07. The van der Waals surface area contributed by atoms with Crippen LogP contribution in [0.25, 0.3) is 5.14 Å². The molecule has 0 heterocycles. The third-order valence-corrected chi connectivity index (χ3v) is 8.72. The molecular weight excluding hydrogens is 603 g/mol. The third-order valence-electron chi connectivity index (χ3n) is 7.58. The summed E-state index contributed by atoms with van der Waals surface area (Å²) in [6.45, 7) is 6.22. The van der Waals surface area contributed by atoms with E-state index in [1.807, 2.05) is 6.92 Å². The molecule has 45 heavy (non-hydrogen) atoms. The van der Waals surface area contributed by atoms with Crippen molar-refractivity contribution in [1.82, 2.24) is 0 Å². The summed E-state index contributed by atoms with van der Waals surface area (Å²) in [4.78, 5) is 11.2. The minimum Gasteiger partial charge on any atom is -0.560 e. The number of rotatable bonds is 23. The molecule has 0 spiro atoms. The molecule has 9 heteroatoms. The molecule has 2 aromatic carbocycles. The molecule has 2 N–H and O–H groups in total. The van der Waals surface area contributed by atoms with Crippen LogP contribution < -0.4 is 10.1 Å². The topological polar surface area (TPSA) is 96.3 Å². The zero-order valence-corrected chi connectivity index (χ0v) is 30.4. The minimum absolute atomic E-state index is 0.00404. The van der Waals surface area contributed by atoms with E-state index in [1.165, 1.54) is 103 Å². The number of anilines is 1. The zero-order valence-electron chi connectivity index (χ0n) is 28.7. The van der Waals surface area contributed by atoms with Crippen molar-refractivity contribution in [3.63, 3.8) is 0 Å². The standard InChI is InChI=1S/C19H42N.C17H20N2O4S2/c1-5-6-7-8-9-10-11-12-13-14-15-16-17-18-19-20(2,3)4;1-2-3-9-19-14-10-12(17(20)24)11-15(25(18,21)22)16(14)23-13-7-5-4-6-8-13/h5-19H2,1-4H3;4-8,10-11,19H,2-3,9H2,1H3,(H3,18,20,21,22,24)/q+1;/p-1. The molecule has 0 radical (unpaired) electrons. The second kappa shape index (κ2) is 23.3. The van der Waals surface area contributed by atoms with Crippen LogP contribution in [0, 0.1) is 0 Å². The summed E-state index contributed by atoms with van der Waals surface area (Å²) in [7, 11) is 2.52. The van der Waals surface area contributed by atoms with Gasteiger partial charge in [-0.1, -0.05) is 116 Å². The number of unbranched alkanes of at least 4 members (excludes halogenated alkanes) is 14. The highest BCUT2D eigenvalue weighted by Gasteiger charge is 2.20. The van der Waals surface area contributed by atoms with E-state index in [0.717, 1.165) is 23.4 Å². The Morgan fingerprint density at radius 3 is 1.71 bits per heavy atom. The van der Waals surface area contributed by atoms with E-state index in [0.29, 0.717) is 18.0 Å². The second-order valence-electron chi connectivity index (χ2n) is 13.0. The van der Waals surface area contributed by atoms with Gasteiger partial charge < -0.3 is 19.7 Å². The first kappa shape index (κ1) is 41.0. The quantitative estimate of drug-likeness (QED) is 0.0700. The highest BCUT2D eigenvalue weighted by atomic mass is 32.2. The van der Waals surface area contributed by atoms with E-state index in [9.17, 15) is 13.2 Å². The molecular formula is C36H61N3O4S2. The van der Waals surface area contributed by atoms with E-state index in [1.54, 1.807) is 30.3 Å². The van der Waals surface area contributed by atoms with Gasteiger partial charge in [0.25, 0.3) is 0 Å². The first-order valence-electron chi connectivity index (χ1n) is 17.1. The summed E-state index contributed by atoms with van der Waals surface area (Å²) in [6, 6.07) is 11.2. The first-order valence-corrected chi connectivity index (χ1v) is 19.0. The van der Waals surface area contributed by atoms with Gasteiger partial charge >= 0.3 is 0 Å². The number of carbonyl (C=O) groups is 1. The van der Waals surface area contributed by atoms with E-state index in [4.69, 9.17) is 9.88 Å². The minimum atomic E-state index is -4.36. The van der Waals surface area contributed by atoms with Crippen molar-refractivity contribution >= 4 is 33.5 Å². The molecule has 0 bridgehead atoms. The first-order chi connectivity index (χ1) is 21.4. The number of benzene rings is 2. The van der Waals surface area contributed by atoms with E-state index in [2.05, 4.69) is 46.0 Å². The molecule has 256 valence electrons. The highest BCUT2D eigenvalue weighted by Crippen LogP contribution is 2.38. The van der Waals surface area contributed by atoms with Gasteiger partial charge in [-0.25, -0.2) is 8.42 Å². The number of nitrogens with zero attached hydrogens (tertiary/aromatic N) is 1. The second-order valence-corrected chi connectivity index (χ2v) is 14.8. The number of hydrogen-bond acceptors (Lipinski definition) is 5. The van der Waals surface area contributed by atoms with Gasteiger partial charge in [0.2, 0.25) is 5.12 Å². The predicted molar refractivity (Wildman–Crippen MR) is 194 cm³/mol. The van der Waals surface area contributed by atoms with Crippen LogP contribution in [0.2, 0.25) is 0 Å². The van der Waals surface area contributed by atoms with Gasteiger partial charge in [-0.2, -0.15) is 0 Å². The smallest absolute Gasteiger partial charge is 0.216 e. The molecule has 0 amide bonds. The van der Waals surface area contributed by atoms with Crippen LogP contribution in [0.1, 0.15) is 127 Å². The van der Waals surface area contributed by atoms with E-state index in [-0.39, 0.29) is 16.2 Å². The fourth-order valence-electron chi connectivity index (χ4n) is 4.95. The van der Waals surface area contributed by atoms with Crippen LogP contribution in [0.4, 0.5) is 5.69 Å². The van der Waals surface area contributed by atoms with Crippen molar-refractivity contribution < 1.29 is 22.4 Å². The number of sulfonamides is 1. The Morgan fingerprint density at radius 1 is 0.778 bits per heavy atom. The van der Waals surface area contributed by atoms with Crippen LogP contribution >= 0.6 is 12.6 Å². The summed E-state index contributed by atoms with van der Waals surface area (Å²) < 4.78 is 30.7. The fraction of sp³-hybridized carbons (Fsp3) is 0.639. The van der Waals surface area contributed by atoms with Crippen LogP contribution in [0.5, 0.6) is 11.5 Å². The van der Waals surface area contributed by atoms with Gasteiger partial charge in [0.15, 0.2) is 5.75 Å². The van der Waals surface area contributed by atoms with Gasteiger partial charge in [-0.15, -0.1) is 12.6 Å². The maximum atomic E-state index is 11.9. The number of ether oxygens (including phenoxy) is 1. The Balaban J connectivity index is 0.000000463. The molecule has 0 atom stereocenters. The summed E-state index contributed by atoms with van der Waals surface area (Å²) in [6.07, 6.45) is 22.2. The molecule has 0 saturated heterocycles. The third kappa shape index (κ3) is 19.9. The number of hydrogen-bond donors (Lipinski definition) is 2. The molecule has 2 rings (SSSR count). The Morgan fingerprint density at radius 2 is 1.27 bits per heavy atom. The van der Waals surface area contributed by atoms with Crippen molar-refractivity contribution in [2.24, 2.45) is 0 Å². The normalized spacial score (nSPS) is 11.5. The number of carbonyl (C=O) groups excluding carboxylic acids is 1. The maximum Gasteiger partial charge on any atom is 0.216 e. The molecule has 7 nitrogen and oxygen atoms in total. The van der Waals surface area contributed by atoms with Gasteiger partial charge in [0.1, 0.15) is 15.8 Å². The molecule has 0 saturated carbocycles. The van der Waals surface area contributed by atoms with Gasteiger partial charge in [-0.3, -0.25) is 4.79 Å². The van der Waals surface area contributed by atoms with Gasteiger partial charge in [0.05, 0.1) is 38.3 Å². The molecule has 0 aromatic heterocycles. The van der Waals surface area contributed by atoms with E-state index < -0.39 is 15.1 Å². The lowest BCUT2D eigenvalue weighted by Crippen LogP contribution is -2.35. The molecule has 0 unspecified atom stereocenters. The van der Waals surface area contributed by atoms with Gasteiger partial charge in [0, 0.05) is 12.1 Å². The van der Waals surface area contributed by atoms with Crippen LogP contribution in [0.3, 0.4) is 0 Å². The van der Waals surface area contributed by atoms with Crippen molar-refractivity contribution in [3.8, 4) is 11.5 Å². The lowest BCUT2D eigenvalue weighted by atomic mass is 10.0. The summed E-state index contributed by atoms with van der Waals surface area (Å²) in [5.74, 6) is 0.423. The highest BCUT2D eigenvalue weighted by molar-refractivity contribution is 7.97. The fourth-order valence-corrected chi connectivity index (χ4v) is 5.76. The Bertz CT molecular complexity index is 1180. The zero-order chi connectivity index (χ0) is 33.6. The summed E-state index contributed by atoms with van der Waals surface area (Å²) in [5.41, 5.74) is 0.414. The summed E-state index contributed by atoms with van der Waals surface area (Å²) in [5, 5.41) is 9.95. The molecule has 0 aliphatic rings. The van der Waals surface area contributed by atoms with Gasteiger partial charge in [-0.05, 0) is 43.5 Å².